The number of sulfonamides is 1. The number of carbonyl (C=O) groups is 1. The number of piperazine rings is 1. The van der Waals surface area contributed by atoms with Crippen LogP contribution < -0.4 is 19.7 Å². The number of nitrogens with one attached hydrogen (secondary N) is 3. The first kappa shape index (κ1) is 41.3. The Balaban J connectivity index is 0.927. The summed E-state index contributed by atoms with van der Waals surface area (Å²) in [6, 6.07) is 15.5. The highest BCUT2D eigenvalue weighted by Gasteiger charge is 2.41. The van der Waals surface area contributed by atoms with E-state index in [2.05, 4.69) is 45.7 Å². The van der Waals surface area contributed by atoms with Crippen molar-refractivity contribution in [1.29, 1.82) is 0 Å². The van der Waals surface area contributed by atoms with Gasteiger partial charge in [0.1, 0.15) is 28.7 Å². The molecule has 9 rings (SSSR count). The zero-order chi connectivity index (χ0) is 42.3. The number of aromatic amines is 1. The van der Waals surface area contributed by atoms with Crippen molar-refractivity contribution in [3.05, 3.63) is 110 Å². The van der Waals surface area contributed by atoms with Gasteiger partial charge in [-0.05, 0) is 111 Å². The second kappa shape index (κ2) is 17.0. The lowest BCUT2D eigenvalue weighted by Crippen LogP contribution is -2.47. The fourth-order valence-corrected chi connectivity index (χ4v) is 11.0. The van der Waals surface area contributed by atoms with Gasteiger partial charge in [-0.2, -0.15) is 0 Å². The molecule has 0 bridgehead atoms. The minimum absolute atomic E-state index is 0.0571. The Morgan fingerprint density at radius 1 is 1.03 bits per heavy atom. The van der Waals surface area contributed by atoms with E-state index in [4.69, 9.17) is 9.47 Å². The number of benzene rings is 3. The molecule has 3 fully saturated rings. The predicted molar refractivity (Wildman–Crippen MR) is 232 cm³/mol. The first-order valence-electron chi connectivity index (χ1n) is 20.8. The van der Waals surface area contributed by atoms with Crippen molar-refractivity contribution in [2.75, 3.05) is 56.2 Å². The number of hydrogen-bond acceptors (Lipinski definition) is 11. The van der Waals surface area contributed by atoms with Crippen molar-refractivity contribution in [2.45, 2.75) is 62.3 Å². The van der Waals surface area contributed by atoms with E-state index >= 15 is 0 Å². The average molecular weight is 917 g/mol. The van der Waals surface area contributed by atoms with Gasteiger partial charge >= 0.3 is 0 Å². The Hall–Kier alpha value is -5.10. The molecule has 2 aliphatic heterocycles. The van der Waals surface area contributed by atoms with E-state index < -0.39 is 31.4 Å². The van der Waals surface area contributed by atoms with Gasteiger partial charge in [0.2, 0.25) is 0 Å². The standard InChI is InChI=1S/C44H47BrFN7O7S/c45-37-21-30(46)20-36-34(37)3-1-2-4-39(36)52-17-15-51(16-18-52)31-5-7-35(41(22-31)60-32-19-29-11-14-47-42(29)49-25-32)43(54)50-61(57,58)33-6-8-38(40(23-33)53(55)56)48-24-28-9-12-44(13-10-28)26-59-27-44/h5-8,11,14,19-23,25,28,39,48H,1-4,9-10,12-13,15-18,24,26-27H2,(H,47,49)(H,50,54)/t39-/m1/s1. The highest BCUT2D eigenvalue weighted by atomic mass is 79.9. The number of anilines is 2. The summed E-state index contributed by atoms with van der Waals surface area (Å²) in [5, 5.41) is 16.1. The summed E-state index contributed by atoms with van der Waals surface area (Å²) in [6.45, 7) is 4.87. The monoisotopic (exact) mass is 915 g/mol. The van der Waals surface area contributed by atoms with Crippen LogP contribution in [0.25, 0.3) is 11.0 Å². The van der Waals surface area contributed by atoms with Crippen molar-refractivity contribution < 1.29 is 32.0 Å². The first-order chi connectivity index (χ1) is 29.4. The van der Waals surface area contributed by atoms with Crippen LogP contribution in [0.15, 0.2) is 82.4 Å². The minimum atomic E-state index is -4.57. The van der Waals surface area contributed by atoms with E-state index in [9.17, 15) is 27.7 Å². The third-order valence-corrected chi connectivity index (χ3v) is 14.9. The van der Waals surface area contributed by atoms with Gasteiger partial charge in [0.15, 0.2) is 0 Å². The highest BCUT2D eigenvalue weighted by molar-refractivity contribution is 9.10. The molecule has 320 valence electrons. The van der Waals surface area contributed by atoms with Crippen LogP contribution in [0.2, 0.25) is 0 Å². The van der Waals surface area contributed by atoms with E-state index in [1.807, 2.05) is 6.07 Å². The minimum Gasteiger partial charge on any atom is -0.455 e. The number of rotatable bonds is 11. The van der Waals surface area contributed by atoms with E-state index in [-0.39, 0.29) is 34.3 Å². The Labute approximate surface area is 361 Å². The van der Waals surface area contributed by atoms with Crippen molar-refractivity contribution in [3.63, 3.8) is 0 Å². The molecule has 2 aromatic heterocycles. The molecule has 1 spiro atoms. The summed E-state index contributed by atoms with van der Waals surface area (Å²) < 4.78 is 56.7. The normalized spacial score (nSPS) is 19.5. The third kappa shape index (κ3) is 8.70. The van der Waals surface area contributed by atoms with E-state index in [0.29, 0.717) is 36.9 Å². The molecule has 3 aromatic carbocycles. The molecule has 0 unspecified atom stereocenters. The summed E-state index contributed by atoms with van der Waals surface area (Å²) in [6.07, 6.45) is 11.3. The molecule has 4 heterocycles. The molecule has 2 saturated heterocycles. The fraction of sp³-hybridized carbons (Fsp3) is 0.409. The molecule has 14 nitrogen and oxygen atoms in total. The number of pyridine rings is 1. The Morgan fingerprint density at radius 2 is 1.84 bits per heavy atom. The molecular weight excluding hydrogens is 869 g/mol. The number of nitro benzene ring substituents is 1. The number of halogens is 2. The lowest BCUT2D eigenvalue weighted by atomic mass is 9.69. The van der Waals surface area contributed by atoms with Crippen LogP contribution >= 0.6 is 15.9 Å². The molecule has 61 heavy (non-hydrogen) atoms. The van der Waals surface area contributed by atoms with Gasteiger partial charge in [-0.1, -0.05) is 22.4 Å². The number of hydrogen-bond donors (Lipinski definition) is 3. The Bertz CT molecular complexity index is 2590. The number of ether oxygens (including phenoxy) is 2. The van der Waals surface area contributed by atoms with Gasteiger partial charge in [0.05, 0.1) is 34.8 Å². The van der Waals surface area contributed by atoms with Gasteiger partial charge in [0, 0.05) is 78.1 Å². The smallest absolute Gasteiger partial charge is 0.293 e. The van der Waals surface area contributed by atoms with Gasteiger partial charge in [-0.15, -0.1) is 0 Å². The molecule has 2 aliphatic carbocycles. The fourth-order valence-electron chi connectivity index (χ4n) is 9.38. The Morgan fingerprint density at radius 3 is 2.59 bits per heavy atom. The van der Waals surface area contributed by atoms with Crippen LogP contribution in [0.4, 0.5) is 21.5 Å². The second-order valence-electron chi connectivity index (χ2n) is 16.8. The maximum absolute atomic E-state index is 14.6. The lowest BCUT2D eigenvalue weighted by molar-refractivity contribution is -0.384. The molecule has 1 amide bonds. The van der Waals surface area contributed by atoms with Crippen molar-refractivity contribution in [2.24, 2.45) is 11.3 Å². The van der Waals surface area contributed by atoms with Gasteiger partial charge < -0.3 is 24.7 Å². The quantitative estimate of drug-likeness (QED) is 0.0659. The van der Waals surface area contributed by atoms with Gasteiger partial charge in [-0.25, -0.2) is 22.5 Å². The highest BCUT2D eigenvalue weighted by Crippen LogP contribution is 2.44. The first-order valence-corrected chi connectivity index (χ1v) is 23.1. The summed E-state index contributed by atoms with van der Waals surface area (Å²) in [5.41, 5.74) is 3.67. The predicted octanol–water partition coefficient (Wildman–Crippen LogP) is 8.49. The summed E-state index contributed by atoms with van der Waals surface area (Å²) in [5.74, 6) is -0.447. The van der Waals surface area contributed by atoms with Crippen molar-refractivity contribution in [1.82, 2.24) is 19.6 Å². The Kier molecular flexibility index (Phi) is 11.5. The van der Waals surface area contributed by atoms with Crippen LogP contribution in [0.1, 0.15) is 72.5 Å². The van der Waals surface area contributed by atoms with Crippen LogP contribution in [0.5, 0.6) is 11.5 Å². The van der Waals surface area contributed by atoms with Crippen LogP contribution in [-0.2, 0) is 21.2 Å². The van der Waals surface area contributed by atoms with Crippen molar-refractivity contribution >= 4 is 60.0 Å². The molecule has 3 N–H and O–H groups in total. The largest absolute Gasteiger partial charge is 0.455 e. The van der Waals surface area contributed by atoms with Crippen LogP contribution in [0.3, 0.4) is 0 Å². The SMILES string of the molecule is O=C(NS(=O)(=O)c1ccc(NCC2CCC3(CC2)COC3)c([N+](=O)[O-])c1)c1ccc(N2CCN([C@@H]3CCCCc4c(Br)cc(F)cc43)CC2)cc1Oc1cnc2[nH]ccc2c1. The third-order valence-electron chi connectivity index (χ3n) is 12.9. The van der Waals surface area contributed by atoms with Gasteiger partial charge in [-0.3, -0.25) is 19.8 Å². The van der Waals surface area contributed by atoms with Crippen LogP contribution in [-0.4, -0.2) is 80.1 Å². The average Bonchev–Trinajstić information content (AvgIpc) is 3.60. The number of H-pyrrole nitrogens is 1. The molecule has 17 heteroatoms. The molecule has 4 aliphatic rings. The summed E-state index contributed by atoms with van der Waals surface area (Å²) in [4.78, 5) is 37.1. The number of fused-ring (bicyclic) bond motifs is 2. The van der Waals surface area contributed by atoms with E-state index in [0.717, 1.165) is 105 Å². The maximum atomic E-state index is 14.6. The number of nitrogens with zero attached hydrogens (tertiary/aromatic N) is 4. The number of aromatic nitrogens is 2. The lowest BCUT2D eigenvalue weighted by Gasteiger charge is -2.46. The number of carbonyl (C=O) groups excluding carboxylic acids is 1. The van der Waals surface area contributed by atoms with E-state index in [1.165, 1.54) is 30.0 Å². The zero-order valence-electron chi connectivity index (χ0n) is 33.5. The van der Waals surface area contributed by atoms with Gasteiger partial charge in [0.25, 0.3) is 21.6 Å². The van der Waals surface area contributed by atoms with Crippen LogP contribution in [0, 0.1) is 27.3 Å². The summed E-state index contributed by atoms with van der Waals surface area (Å²) >= 11 is 3.60. The maximum Gasteiger partial charge on any atom is 0.293 e. The number of nitro groups is 1. The van der Waals surface area contributed by atoms with E-state index in [1.54, 1.807) is 36.5 Å². The topological polar surface area (TPSA) is 172 Å². The molecule has 0 radical (unpaired) electrons. The molecule has 1 atom stereocenters. The second-order valence-corrected chi connectivity index (χ2v) is 19.3. The molecule has 5 aromatic rings. The van der Waals surface area contributed by atoms with Crippen molar-refractivity contribution in [3.8, 4) is 11.5 Å². The number of amides is 1. The molecule has 1 saturated carbocycles. The summed E-state index contributed by atoms with van der Waals surface area (Å²) in [7, 11) is -4.57. The molecular formula is C44H47BrFN7O7S. The zero-order valence-corrected chi connectivity index (χ0v) is 35.9.